The fourth-order valence-corrected chi connectivity index (χ4v) is 8.23. The van der Waals surface area contributed by atoms with Gasteiger partial charge in [0.15, 0.2) is 17.1 Å². The van der Waals surface area contributed by atoms with E-state index in [1.54, 1.807) is 19.9 Å². The maximum atomic E-state index is 12.5. The largest absolute Gasteiger partial charge is 0.468 e. The van der Waals surface area contributed by atoms with Crippen LogP contribution in [0.25, 0.3) is 4.85 Å². The Morgan fingerprint density at radius 2 is 1.23 bits per heavy atom. The van der Waals surface area contributed by atoms with Gasteiger partial charge in [0.1, 0.15) is 19.3 Å². The summed E-state index contributed by atoms with van der Waals surface area (Å²) in [6.45, 7) is 9.17. The van der Waals surface area contributed by atoms with E-state index >= 15 is 0 Å². The van der Waals surface area contributed by atoms with Crippen molar-refractivity contribution >= 4 is 70.9 Å². The lowest BCUT2D eigenvalue weighted by atomic mass is 10.3. The van der Waals surface area contributed by atoms with Gasteiger partial charge in [0, 0.05) is 12.8 Å². The Hall–Kier alpha value is -3.12. The van der Waals surface area contributed by atoms with Crippen LogP contribution in [-0.2, 0) is 28.7 Å². The summed E-state index contributed by atoms with van der Waals surface area (Å²) < 4.78 is 21.5. The van der Waals surface area contributed by atoms with Crippen LogP contribution in [0.3, 0.4) is 0 Å². The normalized spacial score (nSPS) is 12.9. The van der Waals surface area contributed by atoms with E-state index in [-0.39, 0.29) is 76.9 Å². The second kappa shape index (κ2) is 14.5. The summed E-state index contributed by atoms with van der Waals surface area (Å²) in [6, 6.07) is 1.79. The number of carbonyl (C=O) groups excluding carboxylic acids is 4. The minimum Gasteiger partial charge on any atom is -0.468 e. The molecule has 16 heteroatoms. The predicted molar refractivity (Wildman–Crippen MR) is 144 cm³/mol. The molecule has 0 fully saturated rings. The Balaban J connectivity index is 2.24. The van der Waals surface area contributed by atoms with Crippen molar-refractivity contribution in [2.75, 3.05) is 26.4 Å². The third-order valence-electron chi connectivity index (χ3n) is 4.69. The number of nitrogens with zero attached hydrogens (tertiary/aromatic N) is 2. The van der Waals surface area contributed by atoms with Crippen molar-refractivity contribution in [1.29, 1.82) is 5.26 Å². The van der Waals surface area contributed by atoms with Gasteiger partial charge in [-0.1, -0.05) is 60.9 Å². The van der Waals surface area contributed by atoms with E-state index < -0.39 is 37.1 Å². The molecule has 0 radical (unpaired) electrons. The average molecular weight is 625 g/mol. The van der Waals surface area contributed by atoms with E-state index in [2.05, 4.69) is 4.85 Å². The van der Waals surface area contributed by atoms with E-state index in [9.17, 15) is 24.4 Å². The van der Waals surface area contributed by atoms with Gasteiger partial charge in [0.05, 0.1) is 47.8 Å². The Labute approximate surface area is 245 Å². The molecule has 2 aliphatic heterocycles. The number of fused-ring (bicyclic) bond motifs is 2. The van der Waals surface area contributed by atoms with Gasteiger partial charge < -0.3 is 29.2 Å². The van der Waals surface area contributed by atoms with Crippen LogP contribution in [0.1, 0.15) is 26.7 Å². The Morgan fingerprint density at radius 1 is 0.800 bits per heavy atom. The highest BCUT2D eigenvalue weighted by Crippen LogP contribution is 2.68. The lowest BCUT2D eigenvalue weighted by Crippen LogP contribution is -2.10. The lowest BCUT2D eigenvalue weighted by molar-refractivity contribution is -0.140. The highest BCUT2D eigenvalue weighted by Gasteiger charge is 2.41. The predicted octanol–water partition coefficient (Wildman–Crippen LogP) is 3.61. The molecule has 1 aromatic rings. The first-order valence-electron chi connectivity index (χ1n) is 11.4. The van der Waals surface area contributed by atoms with Crippen molar-refractivity contribution < 1.29 is 48.3 Å². The first-order chi connectivity index (χ1) is 19.2. The minimum absolute atomic E-state index is 0.00878. The van der Waals surface area contributed by atoms with Gasteiger partial charge in [0.2, 0.25) is 0 Å². The number of nitriles is 1. The van der Waals surface area contributed by atoms with Crippen molar-refractivity contribution in [2.24, 2.45) is 0 Å². The second-order valence-corrected chi connectivity index (χ2v) is 11.9. The lowest BCUT2D eigenvalue weighted by Gasteiger charge is -2.16. The SMILES string of the molecule is [C-]#[N+]C(C(=O)OCCO)=C1Sc2c(OC(=O)CC)c3c(c(OC(=O)CC)c2S1)SC(=C(C#N)C(=O)OCCO)S3. The molecule has 12 nitrogen and oxygen atoms in total. The maximum Gasteiger partial charge on any atom is 0.350 e. The van der Waals surface area contributed by atoms with E-state index in [4.69, 9.17) is 35.7 Å². The van der Waals surface area contributed by atoms with Gasteiger partial charge in [-0.15, -0.1) is 0 Å². The van der Waals surface area contributed by atoms with Crippen LogP contribution in [0, 0.1) is 17.9 Å². The van der Waals surface area contributed by atoms with Gasteiger partial charge in [-0.25, -0.2) is 9.64 Å². The fourth-order valence-electron chi connectivity index (χ4n) is 2.92. The van der Waals surface area contributed by atoms with Crippen LogP contribution < -0.4 is 9.47 Å². The van der Waals surface area contributed by atoms with Crippen molar-refractivity contribution in [3.63, 3.8) is 0 Å². The van der Waals surface area contributed by atoms with Gasteiger partial charge in [-0.2, -0.15) is 5.26 Å². The molecule has 0 aliphatic carbocycles. The summed E-state index contributed by atoms with van der Waals surface area (Å²) in [5.41, 5.74) is -0.734. The smallest absolute Gasteiger partial charge is 0.350 e. The van der Waals surface area contributed by atoms with Crippen molar-refractivity contribution in [3.05, 3.63) is 31.2 Å². The minimum atomic E-state index is -0.969. The number of hydrogen-bond donors (Lipinski definition) is 2. The molecule has 1 aromatic carbocycles. The van der Waals surface area contributed by atoms with E-state index in [1.807, 2.05) is 0 Å². The molecule has 40 heavy (non-hydrogen) atoms. The van der Waals surface area contributed by atoms with Gasteiger partial charge in [0.25, 0.3) is 5.70 Å². The number of ether oxygens (including phenoxy) is 4. The number of aliphatic hydroxyl groups excluding tert-OH is 2. The van der Waals surface area contributed by atoms with Crippen LogP contribution in [0.15, 0.2) is 39.3 Å². The maximum absolute atomic E-state index is 12.5. The first-order valence-corrected chi connectivity index (χ1v) is 14.7. The van der Waals surface area contributed by atoms with Crippen LogP contribution in [0.5, 0.6) is 11.5 Å². The van der Waals surface area contributed by atoms with Crippen molar-refractivity contribution in [3.8, 4) is 17.6 Å². The summed E-state index contributed by atoms with van der Waals surface area (Å²) >= 11 is 3.72. The molecule has 0 aromatic heterocycles. The van der Waals surface area contributed by atoms with Crippen LogP contribution in [0.4, 0.5) is 0 Å². The van der Waals surface area contributed by atoms with Crippen molar-refractivity contribution in [1.82, 2.24) is 0 Å². The molecule has 0 amide bonds. The molecule has 0 bridgehead atoms. The van der Waals surface area contributed by atoms with Gasteiger partial charge >= 0.3 is 23.9 Å². The molecule has 210 valence electrons. The number of thioether (sulfide) groups is 4. The molecule has 2 N–H and O–H groups in total. The molecule has 3 rings (SSSR count). The number of esters is 4. The summed E-state index contributed by atoms with van der Waals surface area (Å²) in [5, 5.41) is 27.6. The molecule has 0 unspecified atom stereocenters. The molecule has 2 heterocycles. The Kier molecular flexibility index (Phi) is 11.4. The number of carbonyl (C=O) groups is 4. The van der Waals surface area contributed by atoms with Crippen molar-refractivity contribution in [2.45, 2.75) is 46.3 Å². The number of rotatable bonds is 10. The van der Waals surface area contributed by atoms with E-state index in [0.717, 1.165) is 47.0 Å². The Bertz CT molecular complexity index is 1260. The molecular formula is C24H20N2O10S4. The molecule has 2 aliphatic rings. The van der Waals surface area contributed by atoms with Crippen LogP contribution >= 0.6 is 47.0 Å². The number of hydrogen-bond acceptors (Lipinski definition) is 15. The topological polar surface area (TPSA) is 174 Å². The monoisotopic (exact) mass is 624 g/mol. The Morgan fingerprint density at radius 3 is 1.60 bits per heavy atom. The third kappa shape index (κ3) is 6.77. The second-order valence-electron chi connectivity index (χ2n) is 7.28. The summed E-state index contributed by atoms with van der Waals surface area (Å²) in [7, 11) is 0. The van der Waals surface area contributed by atoms with Gasteiger partial charge in [-0.05, 0) is 0 Å². The fraction of sp³-hybridized carbons (Fsp3) is 0.333. The highest BCUT2D eigenvalue weighted by atomic mass is 32.2. The standard InChI is InChI=1S/C24H20N2O10S4/c1-4-12(29)35-15-17-18(38-23(37-17)11(10-25)21(31)33-8-6-27)16(36-13(30)5-2)20-19(15)39-24(40-20)14(26-3)22(32)34-9-7-28/h27-28H,4-9H2,1-2H3. The molecular weight excluding hydrogens is 605 g/mol. The average Bonchev–Trinajstić information content (AvgIpc) is 3.58. The number of aliphatic hydroxyl groups is 2. The van der Waals surface area contributed by atoms with Crippen LogP contribution in [0.2, 0.25) is 0 Å². The zero-order valence-corrected chi connectivity index (χ0v) is 24.2. The molecule has 0 saturated heterocycles. The molecule has 0 spiro atoms. The summed E-state index contributed by atoms with van der Waals surface area (Å²) in [4.78, 5) is 54.2. The van der Waals surface area contributed by atoms with Gasteiger partial charge in [-0.3, -0.25) is 14.4 Å². The van der Waals surface area contributed by atoms with Crippen LogP contribution in [-0.4, -0.2) is 60.5 Å². The van der Waals surface area contributed by atoms with E-state index in [0.29, 0.717) is 0 Å². The third-order valence-corrected chi connectivity index (χ3v) is 9.86. The zero-order chi connectivity index (χ0) is 29.4. The molecule has 0 atom stereocenters. The summed E-state index contributed by atoms with van der Waals surface area (Å²) in [6.07, 6.45) is 0.0176. The van der Waals surface area contributed by atoms with E-state index in [1.165, 1.54) is 0 Å². The summed E-state index contributed by atoms with van der Waals surface area (Å²) in [5.74, 6) is -3.06. The molecule has 0 saturated carbocycles. The number of benzene rings is 1. The zero-order valence-electron chi connectivity index (χ0n) is 20.9. The first kappa shape index (κ1) is 31.4. The quantitative estimate of drug-likeness (QED) is 0.127. The highest BCUT2D eigenvalue weighted by molar-refractivity contribution is 8.26.